The smallest absolute Gasteiger partial charge is 0.316 e. The van der Waals surface area contributed by atoms with E-state index in [9.17, 15) is 24.0 Å². The molecule has 248 valence electrons. The van der Waals surface area contributed by atoms with E-state index in [0.717, 1.165) is 11.4 Å². The van der Waals surface area contributed by atoms with Crippen molar-refractivity contribution in [1.29, 1.82) is 0 Å². The molecule has 0 spiro atoms. The van der Waals surface area contributed by atoms with E-state index in [1.54, 1.807) is 24.5 Å². The van der Waals surface area contributed by atoms with E-state index in [0.29, 0.717) is 50.4 Å². The zero-order valence-corrected chi connectivity index (χ0v) is 27.2. The lowest BCUT2D eigenvalue weighted by molar-refractivity contribution is -0.138. The van der Waals surface area contributed by atoms with Gasteiger partial charge in [-0.3, -0.25) is 19.2 Å². The molecular formula is C31H44N10O5. The minimum Gasteiger partial charge on any atom is -0.378 e. The van der Waals surface area contributed by atoms with Crippen LogP contribution in [0.4, 0.5) is 27.8 Å². The average Bonchev–Trinajstić information content (AvgIpc) is 3.71. The van der Waals surface area contributed by atoms with E-state index in [2.05, 4.69) is 31.2 Å². The predicted octanol–water partition coefficient (Wildman–Crippen LogP) is 1.24. The van der Waals surface area contributed by atoms with Gasteiger partial charge < -0.3 is 40.9 Å². The summed E-state index contributed by atoms with van der Waals surface area (Å²) in [5, 5.41) is 10.8. The van der Waals surface area contributed by atoms with Crippen molar-refractivity contribution in [2.45, 2.75) is 63.7 Å². The van der Waals surface area contributed by atoms with E-state index in [-0.39, 0.29) is 11.8 Å². The van der Waals surface area contributed by atoms with Gasteiger partial charge in [-0.25, -0.2) is 14.8 Å². The highest BCUT2D eigenvalue weighted by atomic mass is 16.2. The van der Waals surface area contributed by atoms with Crippen LogP contribution in [-0.2, 0) is 19.2 Å². The highest BCUT2D eigenvalue weighted by Gasteiger charge is 2.38. The Bertz CT molecular complexity index is 1340. The third-order valence-corrected chi connectivity index (χ3v) is 8.14. The number of carbonyl (C=O) groups excluding carboxylic acids is 5. The first-order valence-corrected chi connectivity index (χ1v) is 15.4. The minimum atomic E-state index is -0.957. The van der Waals surface area contributed by atoms with Gasteiger partial charge in [0.25, 0.3) is 0 Å². The SMILES string of the molecule is C[C@H](NC(=O)N[C@@H](C)C(=O)N1CCC[C@H]1C(=O)Nc1cc(N(C)C)ccn1)C(=O)N1CCC[C@H]1C(=O)Nc1cc(N(C)C)ccn1. The van der Waals surface area contributed by atoms with E-state index in [1.807, 2.05) is 50.1 Å². The van der Waals surface area contributed by atoms with Crippen LogP contribution in [0.5, 0.6) is 0 Å². The molecule has 0 radical (unpaired) electrons. The fraction of sp³-hybridized carbons (Fsp3) is 0.516. The molecule has 0 bridgehead atoms. The van der Waals surface area contributed by atoms with Crippen molar-refractivity contribution in [2.75, 3.05) is 61.7 Å². The monoisotopic (exact) mass is 636 g/mol. The molecule has 4 N–H and O–H groups in total. The number of rotatable bonds is 10. The largest absolute Gasteiger partial charge is 0.378 e. The Kier molecular flexibility index (Phi) is 11.0. The summed E-state index contributed by atoms with van der Waals surface area (Å²) >= 11 is 0. The van der Waals surface area contributed by atoms with Crippen molar-refractivity contribution in [3.63, 3.8) is 0 Å². The van der Waals surface area contributed by atoms with Crippen LogP contribution in [0.1, 0.15) is 39.5 Å². The number of nitrogens with one attached hydrogen (secondary N) is 4. The second-order valence-corrected chi connectivity index (χ2v) is 12.0. The number of pyridine rings is 2. The van der Waals surface area contributed by atoms with E-state index in [4.69, 9.17) is 0 Å². The summed E-state index contributed by atoms with van der Waals surface area (Å²) in [6, 6.07) is 3.09. The van der Waals surface area contributed by atoms with Gasteiger partial charge in [0.1, 0.15) is 35.8 Å². The fourth-order valence-electron chi connectivity index (χ4n) is 5.61. The molecule has 15 nitrogen and oxygen atoms in total. The van der Waals surface area contributed by atoms with Crippen LogP contribution in [0.25, 0.3) is 0 Å². The average molecular weight is 637 g/mol. The van der Waals surface area contributed by atoms with Crippen molar-refractivity contribution in [3.05, 3.63) is 36.7 Å². The molecule has 2 saturated heterocycles. The first-order valence-electron chi connectivity index (χ1n) is 15.4. The van der Waals surface area contributed by atoms with Crippen LogP contribution < -0.4 is 31.1 Å². The quantitative estimate of drug-likeness (QED) is 0.299. The number of amides is 6. The highest BCUT2D eigenvalue weighted by molar-refractivity contribution is 6.00. The molecular weight excluding hydrogens is 592 g/mol. The van der Waals surface area contributed by atoms with Crippen molar-refractivity contribution >= 4 is 52.7 Å². The van der Waals surface area contributed by atoms with Gasteiger partial charge in [-0.15, -0.1) is 0 Å². The molecule has 46 heavy (non-hydrogen) atoms. The maximum Gasteiger partial charge on any atom is 0.316 e. The van der Waals surface area contributed by atoms with Crippen molar-refractivity contribution in [3.8, 4) is 0 Å². The van der Waals surface area contributed by atoms with E-state index < -0.39 is 42.0 Å². The van der Waals surface area contributed by atoms with Crippen LogP contribution in [0, 0.1) is 0 Å². The summed E-state index contributed by atoms with van der Waals surface area (Å²) in [6.07, 6.45) is 5.44. The second-order valence-electron chi connectivity index (χ2n) is 12.0. The summed E-state index contributed by atoms with van der Waals surface area (Å²) in [6.45, 7) is 3.81. The number of nitrogens with zero attached hydrogens (tertiary/aromatic N) is 6. The Balaban J connectivity index is 1.29. The minimum absolute atomic E-state index is 0.351. The molecule has 4 atom stereocenters. The van der Waals surface area contributed by atoms with Crippen LogP contribution in [-0.4, -0.2) is 115 Å². The molecule has 2 aromatic rings. The van der Waals surface area contributed by atoms with Crippen molar-refractivity contribution < 1.29 is 24.0 Å². The number of hydrogen-bond donors (Lipinski definition) is 4. The summed E-state index contributed by atoms with van der Waals surface area (Å²) < 4.78 is 0. The Labute approximate surface area is 269 Å². The van der Waals surface area contributed by atoms with Crippen LogP contribution >= 0.6 is 0 Å². The Hall–Kier alpha value is -4.95. The highest BCUT2D eigenvalue weighted by Crippen LogP contribution is 2.23. The number of aromatic nitrogens is 2. The van der Waals surface area contributed by atoms with Gasteiger partial charge in [-0.05, 0) is 51.7 Å². The number of likely N-dealkylation sites (tertiary alicyclic amines) is 2. The molecule has 2 aromatic heterocycles. The zero-order valence-electron chi connectivity index (χ0n) is 27.2. The molecule has 4 heterocycles. The molecule has 0 aliphatic carbocycles. The predicted molar refractivity (Wildman–Crippen MR) is 174 cm³/mol. The molecule has 2 fully saturated rings. The van der Waals surface area contributed by atoms with Crippen molar-refractivity contribution in [1.82, 2.24) is 30.4 Å². The van der Waals surface area contributed by atoms with Gasteiger partial charge in [0.05, 0.1) is 0 Å². The molecule has 0 saturated carbocycles. The zero-order chi connectivity index (χ0) is 33.5. The van der Waals surface area contributed by atoms with Gasteiger partial charge in [-0.2, -0.15) is 0 Å². The maximum absolute atomic E-state index is 13.3. The number of anilines is 4. The topological polar surface area (TPSA) is 172 Å². The molecule has 2 aliphatic rings. The normalized spacial score (nSPS) is 18.7. The third-order valence-electron chi connectivity index (χ3n) is 8.14. The lowest BCUT2D eigenvalue weighted by Crippen LogP contribution is -2.56. The molecule has 2 aliphatic heterocycles. The fourth-order valence-corrected chi connectivity index (χ4v) is 5.61. The molecule has 0 unspecified atom stereocenters. The van der Waals surface area contributed by atoms with Gasteiger partial charge in [0.15, 0.2) is 0 Å². The summed E-state index contributed by atoms with van der Waals surface area (Å²) in [5.74, 6) is -0.763. The second kappa shape index (κ2) is 14.9. The Morgan fingerprint density at radius 1 is 0.717 bits per heavy atom. The first kappa shape index (κ1) is 33.9. The number of carbonyl (C=O) groups is 5. The summed E-state index contributed by atoms with van der Waals surface area (Å²) in [7, 11) is 7.53. The van der Waals surface area contributed by atoms with Gasteiger partial charge in [-0.1, -0.05) is 0 Å². The van der Waals surface area contributed by atoms with Crippen LogP contribution in [0.3, 0.4) is 0 Å². The first-order chi connectivity index (χ1) is 21.8. The molecule has 15 heteroatoms. The van der Waals surface area contributed by atoms with Crippen LogP contribution in [0.15, 0.2) is 36.7 Å². The number of urea groups is 1. The van der Waals surface area contributed by atoms with Gasteiger partial charge in [0, 0.05) is 77.2 Å². The Morgan fingerprint density at radius 2 is 1.11 bits per heavy atom. The lowest BCUT2D eigenvalue weighted by atomic mass is 10.2. The van der Waals surface area contributed by atoms with E-state index in [1.165, 1.54) is 23.6 Å². The van der Waals surface area contributed by atoms with Gasteiger partial charge >= 0.3 is 6.03 Å². The van der Waals surface area contributed by atoms with Gasteiger partial charge in [0.2, 0.25) is 23.6 Å². The standard InChI is InChI=1S/C31H44N10O5/c1-19(29(44)40-15-7-9-23(40)27(42)36-25-17-21(38(3)4)11-13-32-25)34-31(46)35-20(2)30(45)41-16-8-10-24(41)28(43)37-26-18-22(39(5)6)12-14-33-26/h11-14,17-20,23-24H,7-10,15-16H2,1-6H3,(H,32,36,42)(H,33,37,43)(H2,34,35,46)/t19-,20-,23-,24-/m0/s1. The number of hydrogen-bond acceptors (Lipinski definition) is 9. The van der Waals surface area contributed by atoms with Crippen molar-refractivity contribution in [2.24, 2.45) is 0 Å². The molecule has 0 aromatic carbocycles. The third kappa shape index (κ3) is 8.20. The Morgan fingerprint density at radius 3 is 1.48 bits per heavy atom. The molecule has 4 rings (SSSR count). The lowest BCUT2D eigenvalue weighted by Gasteiger charge is -2.29. The maximum atomic E-state index is 13.3. The van der Waals surface area contributed by atoms with Crippen LogP contribution in [0.2, 0.25) is 0 Å². The summed E-state index contributed by atoms with van der Waals surface area (Å²) in [4.78, 5) is 80.7. The summed E-state index contributed by atoms with van der Waals surface area (Å²) in [5.41, 5.74) is 1.74. The van der Waals surface area contributed by atoms with E-state index >= 15 is 0 Å². The molecule has 6 amide bonds.